The summed E-state index contributed by atoms with van der Waals surface area (Å²) in [5.41, 5.74) is 1.01. The van der Waals surface area contributed by atoms with Crippen molar-refractivity contribution in [2.75, 3.05) is 7.05 Å². The molecule has 24 heavy (non-hydrogen) atoms. The normalized spacial score (nSPS) is 12.8. The van der Waals surface area contributed by atoms with Crippen LogP contribution in [0.15, 0.2) is 15.6 Å². The third kappa shape index (κ3) is 3.25. The highest BCUT2D eigenvalue weighted by molar-refractivity contribution is 7.18. The fourth-order valence-electron chi connectivity index (χ4n) is 2.50. The molecule has 0 aromatic carbocycles. The number of likely N-dealkylation sites (N-methyl/N-ethyl adjacent to an activating group) is 1. The second-order valence-electron chi connectivity index (χ2n) is 5.95. The Kier molecular flexibility index (Phi) is 4.77. The Bertz CT molecular complexity index is 911. The lowest BCUT2D eigenvalue weighted by molar-refractivity contribution is 0.364. The van der Waals surface area contributed by atoms with Gasteiger partial charge < -0.3 is 9.84 Å². The van der Waals surface area contributed by atoms with Gasteiger partial charge in [-0.25, -0.2) is 4.98 Å². The first-order valence-corrected chi connectivity index (χ1v) is 8.75. The van der Waals surface area contributed by atoms with Crippen molar-refractivity contribution in [3.8, 4) is 0 Å². The Morgan fingerprint density at radius 1 is 1.42 bits per heavy atom. The van der Waals surface area contributed by atoms with Crippen LogP contribution in [0.2, 0.25) is 0 Å². The molecule has 0 bridgehead atoms. The number of hydrogen-bond donors (Lipinski definition) is 1. The molecule has 7 nitrogen and oxygen atoms in total. The van der Waals surface area contributed by atoms with Gasteiger partial charge in [-0.3, -0.25) is 9.36 Å². The first-order chi connectivity index (χ1) is 11.5. The molecule has 0 saturated carbocycles. The van der Waals surface area contributed by atoms with Gasteiger partial charge in [-0.1, -0.05) is 5.16 Å². The van der Waals surface area contributed by atoms with Crippen molar-refractivity contribution in [2.45, 2.75) is 46.2 Å². The molecule has 0 fully saturated rings. The number of nitrogens with one attached hydrogen (secondary N) is 1. The SMILES string of the molecule is CNC(C)Cc1noc(CCn2cnc3sc(C)c(C)c3c2=O)n1. The van der Waals surface area contributed by atoms with Gasteiger partial charge in [-0.15, -0.1) is 11.3 Å². The third-order valence-corrected chi connectivity index (χ3v) is 5.33. The minimum absolute atomic E-state index is 0.00889. The molecule has 3 rings (SSSR count). The van der Waals surface area contributed by atoms with E-state index in [2.05, 4.69) is 27.4 Å². The lowest BCUT2D eigenvalue weighted by Crippen LogP contribution is -2.24. The Hall–Kier alpha value is -2.06. The van der Waals surface area contributed by atoms with E-state index in [0.717, 1.165) is 15.3 Å². The van der Waals surface area contributed by atoms with Crippen LogP contribution in [0.5, 0.6) is 0 Å². The van der Waals surface area contributed by atoms with Crippen molar-refractivity contribution in [3.63, 3.8) is 0 Å². The molecule has 0 radical (unpaired) electrons. The molecule has 0 aliphatic carbocycles. The highest BCUT2D eigenvalue weighted by Gasteiger charge is 2.13. The molecule has 0 aliphatic rings. The summed E-state index contributed by atoms with van der Waals surface area (Å²) in [6.07, 6.45) is 2.82. The predicted octanol–water partition coefficient (Wildman–Crippen LogP) is 1.85. The Morgan fingerprint density at radius 2 is 2.21 bits per heavy atom. The maximum Gasteiger partial charge on any atom is 0.262 e. The standard InChI is InChI=1S/C16H21N5O2S/c1-9(17-4)7-12-19-13(23-20-12)5-6-21-8-18-15-14(16(21)22)10(2)11(3)24-15/h8-9,17H,5-7H2,1-4H3. The number of aryl methyl sites for hydroxylation is 4. The maximum absolute atomic E-state index is 12.6. The quantitative estimate of drug-likeness (QED) is 0.732. The minimum Gasteiger partial charge on any atom is -0.339 e. The highest BCUT2D eigenvalue weighted by Crippen LogP contribution is 2.25. The van der Waals surface area contributed by atoms with E-state index < -0.39 is 0 Å². The second-order valence-corrected chi connectivity index (χ2v) is 7.16. The van der Waals surface area contributed by atoms with Crippen LogP contribution >= 0.6 is 11.3 Å². The van der Waals surface area contributed by atoms with Crippen molar-refractivity contribution in [3.05, 3.63) is 38.8 Å². The molecule has 0 saturated heterocycles. The molecule has 1 atom stereocenters. The number of aromatic nitrogens is 4. The fourth-order valence-corrected chi connectivity index (χ4v) is 3.48. The summed E-state index contributed by atoms with van der Waals surface area (Å²) in [6, 6.07) is 0.287. The number of rotatable bonds is 6. The van der Waals surface area contributed by atoms with Gasteiger partial charge in [0.15, 0.2) is 5.82 Å². The van der Waals surface area contributed by atoms with E-state index in [1.54, 1.807) is 22.2 Å². The van der Waals surface area contributed by atoms with Gasteiger partial charge >= 0.3 is 0 Å². The van der Waals surface area contributed by atoms with Gasteiger partial charge in [0.25, 0.3) is 5.56 Å². The van der Waals surface area contributed by atoms with Gasteiger partial charge in [0.05, 0.1) is 11.7 Å². The molecule has 0 spiro atoms. The number of hydrogen-bond acceptors (Lipinski definition) is 7. The summed E-state index contributed by atoms with van der Waals surface area (Å²) in [5.74, 6) is 1.22. The Morgan fingerprint density at radius 3 is 2.96 bits per heavy atom. The topological polar surface area (TPSA) is 85.8 Å². The van der Waals surface area contributed by atoms with Crippen LogP contribution in [0.1, 0.15) is 29.1 Å². The average molecular weight is 347 g/mol. The second kappa shape index (κ2) is 6.82. The summed E-state index contributed by atoms with van der Waals surface area (Å²) >= 11 is 1.56. The molecule has 1 N–H and O–H groups in total. The van der Waals surface area contributed by atoms with Gasteiger partial charge in [0.2, 0.25) is 5.89 Å². The summed E-state index contributed by atoms with van der Waals surface area (Å²) in [6.45, 7) is 6.51. The highest BCUT2D eigenvalue weighted by atomic mass is 32.1. The van der Waals surface area contributed by atoms with Crippen LogP contribution in [0.4, 0.5) is 0 Å². The monoisotopic (exact) mass is 347 g/mol. The van der Waals surface area contributed by atoms with Crippen LogP contribution in [0.3, 0.4) is 0 Å². The molecule has 8 heteroatoms. The predicted molar refractivity (Wildman–Crippen MR) is 93.6 cm³/mol. The summed E-state index contributed by atoms with van der Waals surface area (Å²) < 4.78 is 6.88. The first kappa shape index (κ1) is 16.8. The third-order valence-electron chi connectivity index (χ3n) is 4.21. The summed E-state index contributed by atoms with van der Waals surface area (Å²) in [5, 5.41) is 7.83. The Balaban J connectivity index is 1.75. The minimum atomic E-state index is -0.00889. The molecule has 3 heterocycles. The van der Waals surface area contributed by atoms with Crippen LogP contribution in [-0.4, -0.2) is 32.8 Å². The van der Waals surface area contributed by atoms with E-state index in [4.69, 9.17) is 4.52 Å². The van der Waals surface area contributed by atoms with Gasteiger partial charge in [-0.05, 0) is 33.4 Å². The summed E-state index contributed by atoms with van der Waals surface area (Å²) in [4.78, 5) is 23.3. The largest absolute Gasteiger partial charge is 0.339 e. The van der Waals surface area contributed by atoms with Crippen molar-refractivity contribution in [2.24, 2.45) is 0 Å². The van der Waals surface area contributed by atoms with Crippen LogP contribution < -0.4 is 10.9 Å². The van der Waals surface area contributed by atoms with E-state index in [1.807, 2.05) is 20.9 Å². The first-order valence-electron chi connectivity index (χ1n) is 7.93. The Labute approximate surface area is 143 Å². The molecule has 3 aromatic rings. The van der Waals surface area contributed by atoms with E-state index >= 15 is 0 Å². The zero-order valence-electron chi connectivity index (χ0n) is 14.3. The van der Waals surface area contributed by atoms with E-state index in [1.165, 1.54) is 0 Å². The molecule has 0 aliphatic heterocycles. The van der Waals surface area contributed by atoms with Crippen molar-refractivity contribution in [1.82, 2.24) is 25.0 Å². The number of fused-ring (bicyclic) bond motifs is 1. The number of thiophene rings is 1. The van der Waals surface area contributed by atoms with Crippen LogP contribution in [-0.2, 0) is 19.4 Å². The van der Waals surface area contributed by atoms with Crippen molar-refractivity contribution in [1.29, 1.82) is 0 Å². The van der Waals surface area contributed by atoms with Gasteiger partial charge in [0.1, 0.15) is 4.83 Å². The lowest BCUT2D eigenvalue weighted by Gasteiger charge is -2.04. The van der Waals surface area contributed by atoms with Gasteiger partial charge in [-0.2, -0.15) is 4.98 Å². The van der Waals surface area contributed by atoms with E-state index in [-0.39, 0.29) is 11.6 Å². The van der Waals surface area contributed by atoms with E-state index in [0.29, 0.717) is 36.5 Å². The average Bonchev–Trinajstić information content (AvgIpc) is 3.12. The molecular weight excluding hydrogens is 326 g/mol. The molecule has 128 valence electrons. The van der Waals surface area contributed by atoms with Crippen LogP contribution in [0.25, 0.3) is 10.2 Å². The fraction of sp³-hybridized carbons (Fsp3) is 0.500. The zero-order valence-corrected chi connectivity index (χ0v) is 15.1. The smallest absolute Gasteiger partial charge is 0.262 e. The molecule has 1 unspecified atom stereocenters. The molecular formula is C16H21N5O2S. The zero-order chi connectivity index (χ0) is 17.3. The maximum atomic E-state index is 12.6. The lowest BCUT2D eigenvalue weighted by atomic mass is 10.2. The summed E-state index contributed by atoms with van der Waals surface area (Å²) in [7, 11) is 1.90. The van der Waals surface area contributed by atoms with Crippen LogP contribution in [0, 0.1) is 13.8 Å². The van der Waals surface area contributed by atoms with E-state index in [9.17, 15) is 4.79 Å². The molecule has 3 aromatic heterocycles. The van der Waals surface area contributed by atoms with Crippen molar-refractivity contribution >= 4 is 21.6 Å². The molecule has 0 amide bonds. The van der Waals surface area contributed by atoms with Crippen molar-refractivity contribution < 1.29 is 4.52 Å². The number of nitrogens with zero attached hydrogens (tertiary/aromatic N) is 4. The van der Waals surface area contributed by atoms with Gasteiger partial charge in [0, 0.05) is 30.3 Å².